The lowest BCUT2D eigenvalue weighted by atomic mass is 9.86. The summed E-state index contributed by atoms with van der Waals surface area (Å²) in [6.45, 7) is 4.63. The zero-order chi connectivity index (χ0) is 22.5. The van der Waals surface area contributed by atoms with Crippen molar-refractivity contribution < 1.29 is 17.9 Å². The van der Waals surface area contributed by atoms with E-state index in [1.807, 2.05) is 6.07 Å². The molecule has 0 aromatic carbocycles. The van der Waals surface area contributed by atoms with Crippen molar-refractivity contribution in [2.45, 2.75) is 37.0 Å². The van der Waals surface area contributed by atoms with E-state index >= 15 is 0 Å². The van der Waals surface area contributed by atoms with Gasteiger partial charge in [0.05, 0.1) is 36.2 Å². The molecule has 2 bridgehead atoms. The predicted octanol–water partition coefficient (Wildman–Crippen LogP) is 2.78. The van der Waals surface area contributed by atoms with Gasteiger partial charge in [0.1, 0.15) is 5.82 Å². The maximum atomic E-state index is 13.5. The van der Waals surface area contributed by atoms with Crippen LogP contribution in [0.4, 0.5) is 24.9 Å². The number of pyridine rings is 1. The molecule has 10 heteroatoms. The van der Waals surface area contributed by atoms with Gasteiger partial charge in [0.25, 0.3) is 0 Å². The fourth-order valence-corrected chi connectivity index (χ4v) is 6.25. The van der Waals surface area contributed by atoms with Crippen molar-refractivity contribution in [1.82, 2.24) is 19.9 Å². The van der Waals surface area contributed by atoms with Crippen LogP contribution in [0.1, 0.15) is 30.0 Å². The molecule has 2 aliphatic carbocycles. The van der Waals surface area contributed by atoms with Gasteiger partial charge in [0.2, 0.25) is 5.95 Å². The Kier molecular flexibility index (Phi) is 4.11. The summed E-state index contributed by atoms with van der Waals surface area (Å²) in [7, 11) is 0. The SMILES string of the molecule is Nc1ncc(-c2cc(C3[C@H]4CN(C5COC5)C[C@@H]34)nc(N3CC4CC3C4)n2)cc1C(F)(F)F. The molecule has 0 spiro atoms. The Balaban J connectivity index is 1.24. The van der Waals surface area contributed by atoms with E-state index in [2.05, 4.69) is 14.8 Å². The molecule has 0 amide bonds. The molecule has 6 aliphatic rings. The lowest BCUT2D eigenvalue weighted by Crippen LogP contribution is -2.48. The zero-order valence-corrected chi connectivity index (χ0v) is 18.0. The van der Waals surface area contributed by atoms with E-state index in [4.69, 9.17) is 20.4 Å². The Hall–Kier alpha value is -2.46. The summed E-state index contributed by atoms with van der Waals surface area (Å²) in [5.74, 6) is 2.24. The predicted molar refractivity (Wildman–Crippen MR) is 114 cm³/mol. The van der Waals surface area contributed by atoms with Crippen molar-refractivity contribution in [1.29, 1.82) is 0 Å². The van der Waals surface area contributed by atoms with E-state index < -0.39 is 17.6 Å². The van der Waals surface area contributed by atoms with Crippen molar-refractivity contribution in [2.75, 3.05) is 43.5 Å². The molecule has 0 radical (unpaired) electrons. The summed E-state index contributed by atoms with van der Waals surface area (Å²) in [6, 6.07) is 3.92. The monoisotopic (exact) mass is 458 g/mol. The van der Waals surface area contributed by atoms with Crippen LogP contribution in [-0.4, -0.2) is 64.8 Å². The topological polar surface area (TPSA) is 80.4 Å². The van der Waals surface area contributed by atoms with E-state index in [1.54, 1.807) is 0 Å². The van der Waals surface area contributed by atoms with E-state index in [0.29, 0.717) is 53.0 Å². The molecule has 2 aromatic rings. The third kappa shape index (κ3) is 3.13. The molecule has 6 fully saturated rings. The molecule has 33 heavy (non-hydrogen) atoms. The Labute approximate surface area is 189 Å². The van der Waals surface area contributed by atoms with Gasteiger partial charge in [-0.05, 0) is 42.7 Å². The van der Waals surface area contributed by atoms with E-state index in [-0.39, 0.29) is 0 Å². The van der Waals surface area contributed by atoms with Gasteiger partial charge in [0.15, 0.2) is 0 Å². The van der Waals surface area contributed by atoms with Crippen LogP contribution in [-0.2, 0) is 10.9 Å². The van der Waals surface area contributed by atoms with Crippen LogP contribution in [0.5, 0.6) is 0 Å². The van der Waals surface area contributed by atoms with E-state index in [9.17, 15) is 13.2 Å². The van der Waals surface area contributed by atoms with Crippen LogP contribution >= 0.6 is 0 Å². The van der Waals surface area contributed by atoms with Gasteiger partial charge in [-0.1, -0.05) is 0 Å². The number of nitrogens with two attached hydrogens (primary N) is 1. The van der Waals surface area contributed by atoms with Crippen LogP contribution in [0.2, 0.25) is 0 Å². The number of alkyl halides is 3. The van der Waals surface area contributed by atoms with Gasteiger partial charge in [-0.3, -0.25) is 4.90 Å². The third-order valence-corrected chi connectivity index (χ3v) is 8.32. The molecular formula is C23H25F3N6O. The number of hydrogen-bond acceptors (Lipinski definition) is 7. The van der Waals surface area contributed by atoms with Crippen molar-refractivity contribution in [3.63, 3.8) is 0 Å². The van der Waals surface area contributed by atoms with E-state index in [0.717, 1.165) is 57.4 Å². The lowest BCUT2D eigenvalue weighted by molar-refractivity contribution is -0.137. The van der Waals surface area contributed by atoms with Crippen LogP contribution in [0, 0.1) is 17.8 Å². The molecule has 7 nitrogen and oxygen atoms in total. The number of halogens is 3. The Morgan fingerprint density at radius 2 is 1.76 bits per heavy atom. The average molecular weight is 458 g/mol. The number of piperidine rings is 1. The van der Waals surface area contributed by atoms with Crippen molar-refractivity contribution >= 4 is 11.8 Å². The first-order chi connectivity index (χ1) is 15.8. The van der Waals surface area contributed by atoms with Crippen molar-refractivity contribution in [3.8, 4) is 11.3 Å². The number of rotatable bonds is 4. The molecule has 8 rings (SSSR count). The Morgan fingerprint density at radius 1 is 1.00 bits per heavy atom. The Bertz CT molecular complexity index is 1100. The first-order valence-corrected chi connectivity index (χ1v) is 11.7. The smallest absolute Gasteiger partial charge is 0.383 e. The highest BCUT2D eigenvalue weighted by Crippen LogP contribution is 2.58. The molecule has 4 aliphatic heterocycles. The summed E-state index contributed by atoms with van der Waals surface area (Å²) in [5, 5.41) is 0. The summed E-state index contributed by atoms with van der Waals surface area (Å²) < 4.78 is 45.7. The highest BCUT2D eigenvalue weighted by Gasteiger charge is 2.58. The van der Waals surface area contributed by atoms with Crippen LogP contribution in [0.3, 0.4) is 0 Å². The standard InChI is InChI=1S/C23H25F3N6O/c24-23(25,26)17-3-12(5-28-21(17)27)18-4-19(30-22(29-18)32-6-11-1-13(32)2-11)20-15-7-31(8-16(15)20)14-9-33-10-14/h3-5,11,13-16,20H,1-2,6-10H2,(H2,27,28)/t11?,13?,15-,16+,20?. The number of anilines is 2. The molecule has 6 heterocycles. The number of nitrogens with zero attached hydrogens (tertiary/aromatic N) is 5. The molecule has 2 saturated carbocycles. The first kappa shape index (κ1) is 20.0. The van der Waals surface area contributed by atoms with Crippen LogP contribution < -0.4 is 10.6 Å². The van der Waals surface area contributed by atoms with Crippen molar-refractivity contribution in [3.05, 3.63) is 29.6 Å². The number of likely N-dealkylation sites (tertiary alicyclic amines) is 1. The minimum Gasteiger partial charge on any atom is -0.383 e. The summed E-state index contributed by atoms with van der Waals surface area (Å²) >= 11 is 0. The largest absolute Gasteiger partial charge is 0.419 e. The highest BCUT2D eigenvalue weighted by atomic mass is 19.4. The number of hydrogen-bond donors (Lipinski definition) is 1. The second-order valence-corrected chi connectivity index (χ2v) is 10.3. The summed E-state index contributed by atoms with van der Waals surface area (Å²) in [4.78, 5) is 18.3. The molecular weight excluding hydrogens is 433 g/mol. The maximum Gasteiger partial charge on any atom is 0.419 e. The second kappa shape index (κ2) is 6.79. The van der Waals surface area contributed by atoms with Gasteiger partial charge >= 0.3 is 6.18 Å². The molecule has 1 unspecified atom stereocenters. The number of ether oxygens (including phenoxy) is 1. The minimum atomic E-state index is -4.57. The fourth-order valence-electron chi connectivity index (χ4n) is 6.25. The Morgan fingerprint density at radius 3 is 2.36 bits per heavy atom. The van der Waals surface area contributed by atoms with Gasteiger partial charge in [-0.25, -0.2) is 15.0 Å². The van der Waals surface area contributed by atoms with Gasteiger partial charge in [0, 0.05) is 43.4 Å². The molecule has 174 valence electrons. The number of fused-ring (bicyclic) bond motifs is 2. The van der Waals surface area contributed by atoms with Crippen LogP contribution in [0.15, 0.2) is 18.3 Å². The van der Waals surface area contributed by atoms with Gasteiger partial charge < -0.3 is 15.4 Å². The second-order valence-electron chi connectivity index (χ2n) is 10.3. The highest BCUT2D eigenvalue weighted by molar-refractivity contribution is 5.64. The lowest BCUT2D eigenvalue weighted by Gasteiger charge is -2.35. The molecule has 3 atom stereocenters. The van der Waals surface area contributed by atoms with Crippen molar-refractivity contribution in [2.24, 2.45) is 17.8 Å². The number of nitrogen functional groups attached to an aromatic ring is 1. The van der Waals surface area contributed by atoms with Crippen LogP contribution in [0.25, 0.3) is 11.3 Å². The number of aromatic nitrogens is 3. The average Bonchev–Trinajstić information content (AvgIpc) is 3.11. The molecule has 4 saturated heterocycles. The van der Waals surface area contributed by atoms with Gasteiger partial charge in [-0.15, -0.1) is 0 Å². The fraction of sp³-hybridized carbons (Fsp3) is 0.609. The minimum absolute atomic E-state index is 0.326. The first-order valence-electron chi connectivity index (χ1n) is 11.7. The molecule has 2 N–H and O–H groups in total. The third-order valence-electron chi connectivity index (χ3n) is 8.32. The van der Waals surface area contributed by atoms with Gasteiger partial charge in [-0.2, -0.15) is 13.2 Å². The molecule has 2 aromatic heterocycles. The summed E-state index contributed by atoms with van der Waals surface area (Å²) in [5.41, 5.74) is 6.37. The maximum absolute atomic E-state index is 13.5. The van der Waals surface area contributed by atoms with E-state index in [1.165, 1.54) is 6.20 Å². The quantitative estimate of drug-likeness (QED) is 0.755. The summed E-state index contributed by atoms with van der Waals surface area (Å²) in [6.07, 6.45) is -0.879. The zero-order valence-electron chi connectivity index (χ0n) is 18.0. The normalized spacial score (nSPS) is 33.1.